The van der Waals surface area contributed by atoms with Gasteiger partial charge in [0.1, 0.15) is 23.4 Å². The van der Waals surface area contributed by atoms with Crippen molar-refractivity contribution in [2.24, 2.45) is 0 Å². The molecule has 0 aliphatic heterocycles. The Hall–Kier alpha value is -3.30. The lowest BCUT2D eigenvalue weighted by Gasteiger charge is -2.16. The molecule has 10 heteroatoms. The van der Waals surface area contributed by atoms with Gasteiger partial charge in [0.15, 0.2) is 5.82 Å². The van der Waals surface area contributed by atoms with E-state index in [1.54, 1.807) is 6.92 Å². The van der Waals surface area contributed by atoms with Crippen LogP contribution in [0.25, 0.3) is 0 Å². The lowest BCUT2D eigenvalue weighted by Crippen LogP contribution is -2.44. The number of hydrogen-bond acceptors (Lipinski definition) is 4. The van der Waals surface area contributed by atoms with E-state index in [4.69, 9.17) is 0 Å². The van der Waals surface area contributed by atoms with Crippen LogP contribution in [0.3, 0.4) is 0 Å². The number of hydrogen-bond donors (Lipinski definition) is 4. The first kappa shape index (κ1) is 20.0. The SMILES string of the molecule is CCC(NC(=O)Cc1cc(F)cc(F)c1)C(=O)Nc1cc(C(=O)NC)[nH]n1. The van der Waals surface area contributed by atoms with Crippen LogP contribution in [-0.4, -0.2) is 41.0 Å². The number of aromatic amines is 1. The van der Waals surface area contributed by atoms with Crippen molar-refractivity contribution < 1.29 is 23.2 Å². The molecule has 0 bridgehead atoms. The van der Waals surface area contributed by atoms with Crippen molar-refractivity contribution in [2.45, 2.75) is 25.8 Å². The van der Waals surface area contributed by atoms with E-state index < -0.39 is 35.4 Å². The number of nitrogens with zero attached hydrogens (tertiary/aromatic N) is 1. The molecule has 1 atom stereocenters. The summed E-state index contributed by atoms with van der Waals surface area (Å²) in [7, 11) is 1.45. The van der Waals surface area contributed by atoms with Gasteiger partial charge in [-0.05, 0) is 24.1 Å². The molecule has 3 amide bonds. The zero-order valence-electron chi connectivity index (χ0n) is 14.7. The fourth-order valence-electron chi connectivity index (χ4n) is 2.35. The average Bonchev–Trinajstić information content (AvgIpc) is 3.06. The molecule has 1 unspecified atom stereocenters. The van der Waals surface area contributed by atoms with Crippen LogP contribution >= 0.6 is 0 Å². The summed E-state index contributed by atoms with van der Waals surface area (Å²) >= 11 is 0. The van der Waals surface area contributed by atoms with Crippen LogP contribution < -0.4 is 16.0 Å². The standard InChI is InChI=1S/C17H19F2N5O3/c1-3-12(17(27)22-14-8-13(23-24-14)16(26)20-2)21-15(25)6-9-4-10(18)7-11(19)5-9/h4-5,7-8,12H,3,6H2,1-2H3,(H,20,26)(H,21,25)(H2,22,23,24,27). The molecule has 144 valence electrons. The molecule has 27 heavy (non-hydrogen) atoms. The van der Waals surface area contributed by atoms with Crippen molar-refractivity contribution in [1.29, 1.82) is 0 Å². The Morgan fingerprint density at radius 3 is 2.41 bits per heavy atom. The van der Waals surface area contributed by atoms with Crippen LogP contribution in [0.5, 0.6) is 0 Å². The van der Waals surface area contributed by atoms with E-state index in [1.807, 2.05) is 0 Å². The number of anilines is 1. The molecular weight excluding hydrogens is 360 g/mol. The molecule has 0 aliphatic carbocycles. The number of halogens is 2. The summed E-state index contributed by atoms with van der Waals surface area (Å²) in [5, 5.41) is 13.7. The van der Waals surface area contributed by atoms with Gasteiger partial charge < -0.3 is 16.0 Å². The largest absolute Gasteiger partial charge is 0.354 e. The Bertz CT molecular complexity index is 833. The lowest BCUT2D eigenvalue weighted by atomic mass is 10.1. The van der Waals surface area contributed by atoms with Crippen molar-refractivity contribution in [2.75, 3.05) is 12.4 Å². The molecule has 2 aromatic rings. The maximum absolute atomic E-state index is 13.2. The van der Waals surface area contributed by atoms with E-state index in [1.165, 1.54) is 13.1 Å². The van der Waals surface area contributed by atoms with Gasteiger partial charge in [-0.1, -0.05) is 6.92 Å². The Labute approximate surface area is 153 Å². The molecule has 4 N–H and O–H groups in total. The third kappa shape index (κ3) is 5.59. The number of amides is 3. The smallest absolute Gasteiger partial charge is 0.269 e. The monoisotopic (exact) mass is 379 g/mol. The first-order valence-corrected chi connectivity index (χ1v) is 8.15. The van der Waals surface area contributed by atoms with Gasteiger partial charge >= 0.3 is 0 Å². The van der Waals surface area contributed by atoms with Gasteiger partial charge in [0.25, 0.3) is 5.91 Å². The van der Waals surface area contributed by atoms with Crippen LogP contribution in [0.4, 0.5) is 14.6 Å². The second-order valence-electron chi connectivity index (χ2n) is 5.72. The van der Waals surface area contributed by atoms with Crippen LogP contribution in [0.2, 0.25) is 0 Å². The number of rotatable bonds is 7. The minimum Gasteiger partial charge on any atom is -0.354 e. The van der Waals surface area contributed by atoms with Crippen LogP contribution in [-0.2, 0) is 16.0 Å². The van der Waals surface area contributed by atoms with Gasteiger partial charge in [-0.3, -0.25) is 19.5 Å². The topological polar surface area (TPSA) is 116 Å². The second-order valence-corrected chi connectivity index (χ2v) is 5.72. The molecule has 1 aromatic heterocycles. The predicted molar refractivity (Wildman–Crippen MR) is 92.9 cm³/mol. The summed E-state index contributed by atoms with van der Waals surface area (Å²) in [6.45, 7) is 1.69. The highest BCUT2D eigenvalue weighted by atomic mass is 19.1. The van der Waals surface area contributed by atoms with Crippen LogP contribution in [0.1, 0.15) is 29.4 Å². The fraction of sp³-hybridized carbons (Fsp3) is 0.294. The minimum absolute atomic E-state index is 0.124. The fourth-order valence-corrected chi connectivity index (χ4v) is 2.35. The molecule has 0 aliphatic rings. The van der Waals surface area contributed by atoms with Gasteiger partial charge in [-0.15, -0.1) is 0 Å². The Balaban J connectivity index is 1.96. The van der Waals surface area contributed by atoms with Crippen molar-refractivity contribution in [3.63, 3.8) is 0 Å². The zero-order valence-corrected chi connectivity index (χ0v) is 14.7. The van der Waals surface area contributed by atoms with Gasteiger partial charge in [-0.2, -0.15) is 5.10 Å². The number of carbonyl (C=O) groups excluding carboxylic acids is 3. The van der Waals surface area contributed by atoms with E-state index in [2.05, 4.69) is 26.1 Å². The predicted octanol–water partition coefficient (Wildman–Crippen LogP) is 1.12. The maximum atomic E-state index is 13.2. The molecule has 0 radical (unpaired) electrons. The first-order valence-electron chi connectivity index (χ1n) is 8.15. The summed E-state index contributed by atoms with van der Waals surface area (Å²) in [4.78, 5) is 35.8. The van der Waals surface area contributed by atoms with E-state index >= 15 is 0 Å². The van der Waals surface area contributed by atoms with Gasteiger partial charge in [0.05, 0.1) is 6.42 Å². The molecule has 0 saturated heterocycles. The Morgan fingerprint density at radius 1 is 1.15 bits per heavy atom. The molecule has 1 aromatic carbocycles. The van der Waals surface area contributed by atoms with E-state index in [0.717, 1.165) is 12.1 Å². The molecular formula is C17H19F2N5O3. The molecule has 1 heterocycles. The highest BCUT2D eigenvalue weighted by Crippen LogP contribution is 2.10. The second kappa shape index (κ2) is 8.88. The third-order valence-corrected chi connectivity index (χ3v) is 3.65. The third-order valence-electron chi connectivity index (χ3n) is 3.65. The van der Waals surface area contributed by atoms with Gasteiger partial charge in [-0.25, -0.2) is 8.78 Å². The van der Waals surface area contributed by atoms with E-state index in [9.17, 15) is 23.2 Å². The van der Waals surface area contributed by atoms with Crippen molar-refractivity contribution in [3.8, 4) is 0 Å². The Morgan fingerprint density at radius 2 is 1.81 bits per heavy atom. The van der Waals surface area contributed by atoms with Crippen LogP contribution in [0, 0.1) is 11.6 Å². The van der Waals surface area contributed by atoms with E-state index in [-0.39, 0.29) is 29.9 Å². The number of H-pyrrole nitrogens is 1. The van der Waals surface area contributed by atoms with Crippen molar-refractivity contribution >= 4 is 23.5 Å². The number of nitrogens with one attached hydrogen (secondary N) is 4. The molecule has 2 rings (SSSR count). The highest BCUT2D eigenvalue weighted by molar-refractivity contribution is 5.98. The first-order chi connectivity index (χ1) is 12.8. The van der Waals surface area contributed by atoms with Crippen LogP contribution in [0.15, 0.2) is 24.3 Å². The normalized spacial score (nSPS) is 11.6. The van der Waals surface area contributed by atoms with Gasteiger partial charge in [0.2, 0.25) is 11.8 Å². The summed E-state index contributed by atoms with van der Waals surface area (Å²) in [5.41, 5.74) is 0.320. The highest BCUT2D eigenvalue weighted by Gasteiger charge is 2.20. The summed E-state index contributed by atoms with van der Waals surface area (Å²) in [6.07, 6.45) is 0.00347. The number of benzene rings is 1. The summed E-state index contributed by atoms with van der Waals surface area (Å²) in [5.74, 6) is -2.94. The quantitative estimate of drug-likeness (QED) is 0.577. The molecule has 0 saturated carbocycles. The zero-order chi connectivity index (χ0) is 20.0. The van der Waals surface area contributed by atoms with Gasteiger partial charge in [0, 0.05) is 19.2 Å². The molecule has 8 nitrogen and oxygen atoms in total. The molecule has 0 spiro atoms. The Kier molecular flexibility index (Phi) is 6.58. The number of aromatic nitrogens is 2. The molecule has 0 fully saturated rings. The van der Waals surface area contributed by atoms with Crippen molar-refractivity contribution in [3.05, 3.63) is 47.2 Å². The van der Waals surface area contributed by atoms with Crippen molar-refractivity contribution in [1.82, 2.24) is 20.8 Å². The minimum atomic E-state index is -0.879. The van der Waals surface area contributed by atoms with E-state index in [0.29, 0.717) is 6.07 Å². The number of carbonyl (C=O) groups is 3. The lowest BCUT2D eigenvalue weighted by molar-refractivity contribution is -0.126. The summed E-state index contributed by atoms with van der Waals surface area (Å²) in [6, 6.07) is 3.28. The average molecular weight is 379 g/mol. The maximum Gasteiger partial charge on any atom is 0.269 e. The summed E-state index contributed by atoms with van der Waals surface area (Å²) < 4.78 is 26.4.